The summed E-state index contributed by atoms with van der Waals surface area (Å²) in [4.78, 5) is 13.8. The number of carbonyl (C=O) groups is 1. The molecule has 4 nitrogen and oxygen atoms in total. The second-order valence-corrected chi connectivity index (χ2v) is 5.22. The van der Waals surface area contributed by atoms with Gasteiger partial charge in [-0.1, -0.05) is 6.92 Å². The number of nitrogens with zero attached hydrogens (tertiary/aromatic N) is 1. The predicted octanol–water partition coefficient (Wildman–Crippen LogP) is 1.36. The van der Waals surface area contributed by atoms with Crippen LogP contribution in [0.3, 0.4) is 0 Å². The zero-order valence-electron chi connectivity index (χ0n) is 10.9. The first-order valence-corrected chi connectivity index (χ1v) is 6.86. The number of nitrogens with one attached hydrogen (secondary N) is 1. The van der Waals surface area contributed by atoms with Crippen LogP contribution in [0.15, 0.2) is 0 Å². The molecule has 1 amide bonds. The van der Waals surface area contributed by atoms with Gasteiger partial charge in [-0.2, -0.15) is 0 Å². The Morgan fingerprint density at radius 3 is 2.88 bits per heavy atom. The van der Waals surface area contributed by atoms with Crippen molar-refractivity contribution >= 4 is 5.91 Å². The Hall–Kier alpha value is -0.610. The maximum absolute atomic E-state index is 11.9. The molecule has 1 aliphatic carbocycles. The maximum atomic E-state index is 11.9. The molecule has 0 aromatic rings. The molecule has 0 aromatic carbocycles. The van der Waals surface area contributed by atoms with Crippen molar-refractivity contribution in [3.63, 3.8) is 0 Å². The van der Waals surface area contributed by atoms with Crippen LogP contribution >= 0.6 is 0 Å². The zero-order chi connectivity index (χ0) is 12.3. The van der Waals surface area contributed by atoms with Crippen LogP contribution in [0.2, 0.25) is 0 Å². The summed E-state index contributed by atoms with van der Waals surface area (Å²) in [5.41, 5.74) is 0. The lowest BCUT2D eigenvalue weighted by Gasteiger charge is -2.22. The predicted molar refractivity (Wildman–Crippen MR) is 66.5 cm³/mol. The highest BCUT2D eigenvalue weighted by molar-refractivity contribution is 5.83. The number of carbonyl (C=O) groups excluding carboxylic acids is 1. The van der Waals surface area contributed by atoms with E-state index >= 15 is 0 Å². The van der Waals surface area contributed by atoms with Crippen molar-refractivity contribution in [1.82, 2.24) is 10.2 Å². The lowest BCUT2D eigenvalue weighted by atomic mass is 10.3. The first-order chi connectivity index (χ1) is 8.22. The van der Waals surface area contributed by atoms with Crippen molar-refractivity contribution < 1.29 is 9.53 Å². The van der Waals surface area contributed by atoms with Gasteiger partial charge in [-0.15, -0.1) is 0 Å². The molecule has 1 saturated carbocycles. The molecular formula is C13H24N2O2. The van der Waals surface area contributed by atoms with E-state index in [0.29, 0.717) is 0 Å². The number of hydrogen-bond acceptors (Lipinski definition) is 3. The van der Waals surface area contributed by atoms with Crippen molar-refractivity contribution in [1.29, 1.82) is 0 Å². The van der Waals surface area contributed by atoms with Crippen LogP contribution in [-0.2, 0) is 9.53 Å². The Labute approximate surface area is 104 Å². The maximum Gasteiger partial charge on any atom is 0.240 e. The Kier molecular flexibility index (Phi) is 4.40. The van der Waals surface area contributed by atoms with E-state index in [1.165, 1.54) is 12.8 Å². The van der Waals surface area contributed by atoms with E-state index in [9.17, 15) is 4.79 Å². The van der Waals surface area contributed by atoms with Gasteiger partial charge in [0.2, 0.25) is 5.91 Å². The smallest absolute Gasteiger partial charge is 0.240 e. The molecule has 2 rings (SSSR count). The van der Waals surface area contributed by atoms with Crippen LogP contribution in [-0.4, -0.2) is 42.8 Å². The van der Waals surface area contributed by atoms with Gasteiger partial charge in [0.25, 0.3) is 0 Å². The fourth-order valence-corrected chi connectivity index (χ4v) is 2.33. The third kappa shape index (κ3) is 3.42. The van der Waals surface area contributed by atoms with Crippen LogP contribution in [0.4, 0.5) is 0 Å². The van der Waals surface area contributed by atoms with Crippen LogP contribution in [0.1, 0.15) is 39.5 Å². The van der Waals surface area contributed by atoms with E-state index in [2.05, 4.69) is 12.2 Å². The van der Waals surface area contributed by atoms with Crippen LogP contribution < -0.4 is 5.32 Å². The van der Waals surface area contributed by atoms with E-state index < -0.39 is 0 Å². The van der Waals surface area contributed by atoms with Gasteiger partial charge >= 0.3 is 0 Å². The van der Waals surface area contributed by atoms with Crippen LogP contribution in [0.25, 0.3) is 0 Å². The van der Waals surface area contributed by atoms with Gasteiger partial charge in [0.15, 0.2) is 0 Å². The van der Waals surface area contributed by atoms with Crippen molar-refractivity contribution in [3.8, 4) is 0 Å². The summed E-state index contributed by atoms with van der Waals surface area (Å²) in [7, 11) is 0. The highest BCUT2D eigenvalue weighted by Gasteiger charge is 2.34. The fourth-order valence-electron chi connectivity index (χ4n) is 2.33. The minimum atomic E-state index is -0.0210. The van der Waals surface area contributed by atoms with Gasteiger partial charge < -0.3 is 9.64 Å². The average Bonchev–Trinajstić information content (AvgIpc) is 3.10. The third-order valence-electron chi connectivity index (χ3n) is 3.60. The van der Waals surface area contributed by atoms with E-state index in [-0.39, 0.29) is 18.1 Å². The summed E-state index contributed by atoms with van der Waals surface area (Å²) in [6.07, 6.45) is 4.82. The zero-order valence-corrected chi connectivity index (χ0v) is 10.9. The Morgan fingerprint density at radius 2 is 2.24 bits per heavy atom. The molecule has 2 aliphatic rings. The molecule has 1 saturated heterocycles. The summed E-state index contributed by atoms with van der Waals surface area (Å²) in [5.74, 6) is 1.06. The molecule has 0 radical (unpaired) electrons. The average molecular weight is 240 g/mol. The van der Waals surface area contributed by atoms with Crippen molar-refractivity contribution in [2.24, 2.45) is 5.92 Å². The Bertz CT molecular complexity index is 266. The lowest BCUT2D eigenvalue weighted by molar-refractivity contribution is -0.130. The fraction of sp³-hybridized carbons (Fsp3) is 0.923. The SMILES string of the molecule is CCC1NC(C)C(=O)N1CCCOCC1CC1. The Balaban J connectivity index is 1.63. The molecule has 4 heteroatoms. The quantitative estimate of drug-likeness (QED) is 0.683. The normalized spacial score (nSPS) is 29.1. The van der Waals surface area contributed by atoms with E-state index in [1.807, 2.05) is 11.8 Å². The second kappa shape index (κ2) is 5.83. The highest BCUT2D eigenvalue weighted by Crippen LogP contribution is 2.28. The monoisotopic (exact) mass is 240 g/mol. The summed E-state index contributed by atoms with van der Waals surface area (Å²) in [5, 5.41) is 3.31. The molecule has 1 aliphatic heterocycles. The lowest BCUT2D eigenvalue weighted by Crippen LogP contribution is -2.37. The summed E-state index contributed by atoms with van der Waals surface area (Å²) >= 11 is 0. The molecule has 17 heavy (non-hydrogen) atoms. The van der Waals surface area contributed by atoms with E-state index in [4.69, 9.17) is 4.74 Å². The molecule has 1 N–H and O–H groups in total. The standard InChI is InChI=1S/C13H24N2O2/c1-3-12-14-10(2)13(16)15(12)7-4-8-17-9-11-5-6-11/h10-12,14H,3-9H2,1-2H3. The first kappa shape index (κ1) is 12.8. The van der Waals surface area contributed by atoms with Gasteiger partial charge in [0.1, 0.15) is 0 Å². The third-order valence-corrected chi connectivity index (χ3v) is 3.60. The van der Waals surface area contributed by atoms with Crippen LogP contribution in [0.5, 0.6) is 0 Å². The molecule has 0 spiro atoms. The number of hydrogen-bond donors (Lipinski definition) is 1. The van der Waals surface area contributed by atoms with Crippen molar-refractivity contribution in [2.75, 3.05) is 19.8 Å². The highest BCUT2D eigenvalue weighted by atomic mass is 16.5. The van der Waals surface area contributed by atoms with E-state index in [0.717, 1.165) is 38.5 Å². The number of rotatable bonds is 7. The molecule has 0 aromatic heterocycles. The van der Waals surface area contributed by atoms with Gasteiger partial charge in [-0.3, -0.25) is 10.1 Å². The van der Waals surface area contributed by atoms with Crippen molar-refractivity contribution in [2.45, 2.75) is 51.7 Å². The van der Waals surface area contributed by atoms with Gasteiger partial charge in [-0.25, -0.2) is 0 Å². The molecule has 1 heterocycles. The number of ether oxygens (including phenoxy) is 1. The summed E-state index contributed by atoms with van der Waals surface area (Å²) < 4.78 is 5.59. The summed E-state index contributed by atoms with van der Waals surface area (Å²) in [6, 6.07) is -0.0210. The van der Waals surface area contributed by atoms with Gasteiger partial charge in [0, 0.05) is 19.8 Å². The second-order valence-electron chi connectivity index (χ2n) is 5.22. The van der Waals surface area contributed by atoms with Gasteiger partial charge in [-0.05, 0) is 38.5 Å². The molecule has 98 valence electrons. The van der Waals surface area contributed by atoms with Crippen LogP contribution in [0, 0.1) is 5.92 Å². The van der Waals surface area contributed by atoms with Gasteiger partial charge in [0.05, 0.1) is 12.2 Å². The Morgan fingerprint density at radius 1 is 1.47 bits per heavy atom. The minimum Gasteiger partial charge on any atom is -0.381 e. The largest absolute Gasteiger partial charge is 0.381 e. The molecule has 0 bridgehead atoms. The molecule has 2 atom stereocenters. The minimum absolute atomic E-state index is 0.0210. The molecule has 2 unspecified atom stereocenters. The number of amides is 1. The topological polar surface area (TPSA) is 41.6 Å². The molecule has 2 fully saturated rings. The first-order valence-electron chi connectivity index (χ1n) is 6.86. The molecular weight excluding hydrogens is 216 g/mol. The van der Waals surface area contributed by atoms with Crippen molar-refractivity contribution in [3.05, 3.63) is 0 Å². The summed E-state index contributed by atoms with van der Waals surface area (Å²) in [6.45, 7) is 6.57. The van der Waals surface area contributed by atoms with E-state index in [1.54, 1.807) is 0 Å².